The number of aromatic nitrogens is 3. The molecule has 0 spiro atoms. The van der Waals surface area contributed by atoms with Gasteiger partial charge in [0.05, 0.1) is 16.0 Å². The van der Waals surface area contributed by atoms with Gasteiger partial charge in [0.2, 0.25) is 0 Å². The minimum Gasteiger partial charge on any atom is -0.480 e. The molecule has 0 fully saturated rings. The van der Waals surface area contributed by atoms with E-state index in [1.807, 2.05) is 53.9 Å². The van der Waals surface area contributed by atoms with Gasteiger partial charge in [-0.25, -0.2) is 9.97 Å². The first-order chi connectivity index (χ1) is 12.6. The molecule has 128 valence electrons. The summed E-state index contributed by atoms with van der Waals surface area (Å²) in [7, 11) is 0. The Morgan fingerprint density at radius 3 is 2.65 bits per heavy atom. The lowest BCUT2D eigenvalue weighted by Gasteiger charge is -2.10. The molecule has 7 heteroatoms. The van der Waals surface area contributed by atoms with E-state index < -0.39 is 18.1 Å². The van der Waals surface area contributed by atoms with Crippen LogP contribution >= 0.6 is 11.3 Å². The molecule has 26 heavy (non-hydrogen) atoms. The summed E-state index contributed by atoms with van der Waals surface area (Å²) in [6.45, 7) is -0.442. The fraction of sp³-hybridized carbons (Fsp3) is 0.0526. The van der Waals surface area contributed by atoms with Gasteiger partial charge in [-0.2, -0.15) is 0 Å². The number of nitrogens with zero attached hydrogens (tertiary/aromatic N) is 3. The number of hydrogen-bond donors (Lipinski definition) is 1. The van der Waals surface area contributed by atoms with E-state index in [0.717, 1.165) is 20.7 Å². The first-order valence-corrected chi connectivity index (χ1v) is 8.73. The molecule has 0 aliphatic carbocycles. The highest BCUT2D eigenvalue weighted by molar-refractivity contribution is 7.13. The number of carboxylic acid groups (broad SMARTS) is 1. The second-order valence-electron chi connectivity index (χ2n) is 5.67. The molecule has 0 aliphatic heterocycles. The number of benzene rings is 1. The van der Waals surface area contributed by atoms with Crippen LogP contribution < -0.4 is 5.56 Å². The number of pyridine rings is 1. The summed E-state index contributed by atoms with van der Waals surface area (Å²) < 4.78 is 1.09. The molecule has 0 atom stereocenters. The molecule has 0 radical (unpaired) electrons. The molecular weight excluding hydrogens is 350 g/mol. The molecule has 0 amide bonds. The summed E-state index contributed by atoms with van der Waals surface area (Å²) in [4.78, 5) is 33.6. The zero-order valence-corrected chi connectivity index (χ0v) is 14.3. The molecule has 6 nitrogen and oxygen atoms in total. The highest BCUT2D eigenvalue weighted by Crippen LogP contribution is 2.31. The third kappa shape index (κ3) is 2.89. The SMILES string of the molecule is O=C(O)Cn1cnc2nc(-c3cccs3)cc(-c3ccccc3)c2c1=O. The number of rotatable bonds is 4. The molecule has 3 aromatic heterocycles. The van der Waals surface area contributed by atoms with E-state index in [0.29, 0.717) is 16.6 Å². The minimum absolute atomic E-state index is 0.307. The zero-order chi connectivity index (χ0) is 18.1. The van der Waals surface area contributed by atoms with Crippen molar-refractivity contribution in [3.63, 3.8) is 0 Å². The van der Waals surface area contributed by atoms with Crippen LogP contribution in [-0.2, 0) is 11.3 Å². The second-order valence-corrected chi connectivity index (χ2v) is 6.62. The number of aliphatic carboxylic acids is 1. The summed E-state index contributed by atoms with van der Waals surface area (Å²) >= 11 is 1.55. The first kappa shape index (κ1) is 16.2. The predicted octanol–water partition coefficient (Wildman–Crippen LogP) is 3.27. The van der Waals surface area contributed by atoms with Crippen molar-refractivity contribution in [2.45, 2.75) is 6.54 Å². The Bertz CT molecular complexity index is 1150. The lowest BCUT2D eigenvalue weighted by Crippen LogP contribution is -2.25. The van der Waals surface area contributed by atoms with Gasteiger partial charge in [0.25, 0.3) is 5.56 Å². The molecule has 4 aromatic rings. The second kappa shape index (κ2) is 6.53. The van der Waals surface area contributed by atoms with Crippen molar-refractivity contribution in [3.05, 3.63) is 70.6 Å². The molecule has 0 unspecified atom stereocenters. The smallest absolute Gasteiger partial charge is 0.323 e. The number of hydrogen-bond acceptors (Lipinski definition) is 5. The zero-order valence-electron chi connectivity index (χ0n) is 13.5. The van der Waals surface area contributed by atoms with E-state index in [-0.39, 0.29) is 0 Å². The maximum atomic E-state index is 12.9. The lowest BCUT2D eigenvalue weighted by molar-refractivity contribution is -0.137. The number of thiophene rings is 1. The van der Waals surface area contributed by atoms with Gasteiger partial charge >= 0.3 is 5.97 Å². The van der Waals surface area contributed by atoms with Crippen molar-refractivity contribution in [1.29, 1.82) is 0 Å². The number of carboxylic acids is 1. The van der Waals surface area contributed by atoms with Gasteiger partial charge in [0.15, 0.2) is 5.65 Å². The topological polar surface area (TPSA) is 85.1 Å². The summed E-state index contributed by atoms with van der Waals surface area (Å²) in [6, 6.07) is 15.2. The van der Waals surface area contributed by atoms with E-state index in [1.54, 1.807) is 11.3 Å². The first-order valence-electron chi connectivity index (χ1n) is 7.85. The Hall–Kier alpha value is -3.32. The molecule has 4 rings (SSSR count). The van der Waals surface area contributed by atoms with Crippen molar-refractivity contribution in [2.75, 3.05) is 0 Å². The van der Waals surface area contributed by atoms with Crippen LogP contribution in [-0.4, -0.2) is 25.6 Å². The van der Waals surface area contributed by atoms with Gasteiger partial charge in [0, 0.05) is 5.56 Å². The monoisotopic (exact) mass is 363 g/mol. The fourth-order valence-electron chi connectivity index (χ4n) is 2.81. The summed E-state index contributed by atoms with van der Waals surface area (Å²) in [5.41, 5.74) is 2.16. The van der Waals surface area contributed by atoms with Gasteiger partial charge < -0.3 is 5.11 Å². The third-order valence-corrected chi connectivity index (χ3v) is 4.85. The van der Waals surface area contributed by atoms with E-state index in [9.17, 15) is 9.59 Å². The quantitative estimate of drug-likeness (QED) is 0.601. The molecule has 0 saturated carbocycles. The molecule has 0 aliphatic rings. The fourth-order valence-corrected chi connectivity index (χ4v) is 3.50. The van der Waals surface area contributed by atoms with Crippen LogP contribution in [0, 0.1) is 0 Å². The Balaban J connectivity index is 2.05. The Labute approximate surface area is 152 Å². The van der Waals surface area contributed by atoms with E-state index >= 15 is 0 Å². The van der Waals surface area contributed by atoms with Gasteiger partial charge in [0.1, 0.15) is 12.9 Å². The van der Waals surface area contributed by atoms with Crippen LogP contribution in [0.4, 0.5) is 0 Å². The number of fused-ring (bicyclic) bond motifs is 1. The van der Waals surface area contributed by atoms with Crippen molar-refractivity contribution < 1.29 is 9.90 Å². The average Bonchev–Trinajstić information content (AvgIpc) is 3.18. The van der Waals surface area contributed by atoms with Crippen molar-refractivity contribution in [3.8, 4) is 21.7 Å². The van der Waals surface area contributed by atoms with Crippen molar-refractivity contribution in [2.24, 2.45) is 0 Å². The molecule has 1 N–H and O–H groups in total. The minimum atomic E-state index is -1.10. The Morgan fingerprint density at radius 2 is 1.96 bits per heavy atom. The lowest BCUT2D eigenvalue weighted by atomic mass is 10.0. The Morgan fingerprint density at radius 1 is 1.15 bits per heavy atom. The molecule has 0 bridgehead atoms. The Kier molecular flexibility index (Phi) is 4.06. The normalized spacial score (nSPS) is 10.9. The predicted molar refractivity (Wildman–Crippen MR) is 100 cm³/mol. The van der Waals surface area contributed by atoms with Crippen LogP contribution in [0.15, 0.2) is 65.0 Å². The molecule has 1 aromatic carbocycles. The van der Waals surface area contributed by atoms with Gasteiger partial charge in [-0.15, -0.1) is 11.3 Å². The maximum Gasteiger partial charge on any atom is 0.323 e. The standard InChI is InChI=1S/C19H13N3O3S/c23-16(24)10-22-11-20-18-17(19(22)25)13(12-5-2-1-3-6-12)9-14(21-18)15-7-4-8-26-15/h1-9,11H,10H2,(H,23,24). The number of carbonyl (C=O) groups is 1. The average molecular weight is 363 g/mol. The summed E-state index contributed by atoms with van der Waals surface area (Å²) in [6.07, 6.45) is 1.23. The largest absolute Gasteiger partial charge is 0.480 e. The van der Waals surface area contributed by atoms with Gasteiger partial charge in [-0.3, -0.25) is 14.2 Å². The maximum absolute atomic E-state index is 12.9. The molecular formula is C19H13N3O3S. The van der Waals surface area contributed by atoms with Gasteiger partial charge in [-0.1, -0.05) is 36.4 Å². The van der Waals surface area contributed by atoms with Crippen LogP contribution in [0.3, 0.4) is 0 Å². The van der Waals surface area contributed by atoms with E-state index in [4.69, 9.17) is 5.11 Å². The third-order valence-electron chi connectivity index (χ3n) is 3.96. The van der Waals surface area contributed by atoms with E-state index in [1.165, 1.54) is 6.33 Å². The molecule has 0 saturated heterocycles. The van der Waals surface area contributed by atoms with Crippen molar-refractivity contribution >= 4 is 28.3 Å². The highest BCUT2D eigenvalue weighted by Gasteiger charge is 2.16. The van der Waals surface area contributed by atoms with Crippen LogP contribution in [0.5, 0.6) is 0 Å². The summed E-state index contributed by atoms with van der Waals surface area (Å²) in [5.74, 6) is -1.10. The van der Waals surface area contributed by atoms with Crippen molar-refractivity contribution in [1.82, 2.24) is 14.5 Å². The van der Waals surface area contributed by atoms with E-state index in [2.05, 4.69) is 9.97 Å². The van der Waals surface area contributed by atoms with Crippen LogP contribution in [0.25, 0.3) is 32.7 Å². The highest BCUT2D eigenvalue weighted by atomic mass is 32.1. The summed E-state index contributed by atoms with van der Waals surface area (Å²) in [5, 5.41) is 11.3. The van der Waals surface area contributed by atoms with Crippen LogP contribution in [0.2, 0.25) is 0 Å². The van der Waals surface area contributed by atoms with Gasteiger partial charge in [-0.05, 0) is 23.1 Å². The van der Waals surface area contributed by atoms with Crippen LogP contribution in [0.1, 0.15) is 0 Å². The molecule has 3 heterocycles.